The number of hydrazine groups is 1. The van der Waals surface area contributed by atoms with Crippen LogP contribution in [0.2, 0.25) is 0 Å². The molecule has 1 unspecified atom stereocenters. The molecule has 0 bridgehead atoms. The summed E-state index contributed by atoms with van der Waals surface area (Å²) in [6.07, 6.45) is 0.122. The van der Waals surface area contributed by atoms with Crippen LogP contribution in [0.15, 0.2) is 54.6 Å². The Morgan fingerprint density at radius 1 is 1.05 bits per heavy atom. The van der Waals surface area contributed by atoms with Crippen LogP contribution >= 0.6 is 0 Å². The highest BCUT2D eigenvalue weighted by atomic mass is 16.2. The van der Waals surface area contributed by atoms with Gasteiger partial charge in [-0.3, -0.25) is 19.9 Å². The number of rotatable bonds is 3. The second-order valence-corrected chi connectivity index (χ2v) is 5.05. The molecule has 1 aliphatic rings. The molecule has 0 saturated carbocycles. The highest BCUT2D eigenvalue weighted by Gasteiger charge is 2.32. The van der Waals surface area contributed by atoms with E-state index >= 15 is 0 Å². The molecule has 6 heteroatoms. The van der Waals surface area contributed by atoms with Crippen molar-refractivity contribution in [3.63, 3.8) is 0 Å². The van der Waals surface area contributed by atoms with Crippen LogP contribution < -0.4 is 21.5 Å². The maximum absolute atomic E-state index is 12.8. The molecule has 0 radical (unpaired) electrons. The number of hydrogen-bond acceptors (Lipinski definition) is 4. The number of para-hydroxylation sites is 1. The molecular formula is C16H16N4O2. The van der Waals surface area contributed by atoms with Gasteiger partial charge in [-0.15, -0.1) is 0 Å². The molecule has 0 spiro atoms. The standard InChI is InChI=1S/C16H16N4O2/c17-11-6-8-13(9-7-11)20(12-4-2-1-3-5-12)16(22)14-10-15(21)19-18-14/h1-9,14,18H,10,17H2,(H,19,21). The number of hydrogen-bond donors (Lipinski definition) is 3. The number of carbonyl (C=O) groups excluding carboxylic acids is 2. The predicted octanol–water partition coefficient (Wildman–Crippen LogP) is 1.33. The first-order chi connectivity index (χ1) is 10.6. The van der Waals surface area contributed by atoms with E-state index in [2.05, 4.69) is 10.9 Å². The van der Waals surface area contributed by atoms with Gasteiger partial charge >= 0.3 is 0 Å². The van der Waals surface area contributed by atoms with Crippen molar-refractivity contribution in [3.05, 3.63) is 54.6 Å². The van der Waals surface area contributed by atoms with Crippen molar-refractivity contribution in [2.75, 3.05) is 10.6 Å². The second-order valence-electron chi connectivity index (χ2n) is 5.05. The number of amides is 2. The van der Waals surface area contributed by atoms with Gasteiger partial charge in [0.2, 0.25) is 5.91 Å². The van der Waals surface area contributed by atoms with Crippen molar-refractivity contribution in [2.24, 2.45) is 0 Å². The maximum atomic E-state index is 12.8. The molecule has 0 aliphatic carbocycles. The van der Waals surface area contributed by atoms with E-state index in [-0.39, 0.29) is 18.2 Å². The molecule has 2 aromatic rings. The highest BCUT2D eigenvalue weighted by Crippen LogP contribution is 2.27. The van der Waals surface area contributed by atoms with E-state index in [1.54, 1.807) is 29.2 Å². The molecule has 2 amide bonds. The first kappa shape index (κ1) is 14.1. The number of anilines is 3. The van der Waals surface area contributed by atoms with Gasteiger partial charge in [0.25, 0.3) is 5.91 Å². The van der Waals surface area contributed by atoms with Crippen LogP contribution in [-0.2, 0) is 9.59 Å². The number of nitrogens with two attached hydrogens (primary N) is 1. The summed E-state index contributed by atoms with van der Waals surface area (Å²) in [5.74, 6) is -0.391. The third-order valence-corrected chi connectivity index (χ3v) is 3.46. The molecule has 2 aromatic carbocycles. The molecule has 1 aliphatic heterocycles. The minimum atomic E-state index is -0.592. The summed E-state index contributed by atoms with van der Waals surface area (Å²) in [5, 5.41) is 0. The summed E-state index contributed by atoms with van der Waals surface area (Å²) in [5.41, 5.74) is 13.0. The summed E-state index contributed by atoms with van der Waals surface area (Å²) < 4.78 is 0. The fourth-order valence-corrected chi connectivity index (χ4v) is 2.36. The topological polar surface area (TPSA) is 87.5 Å². The Hall–Kier alpha value is -2.86. The Kier molecular flexibility index (Phi) is 3.76. The van der Waals surface area contributed by atoms with Gasteiger partial charge in [-0.25, -0.2) is 5.43 Å². The minimum absolute atomic E-state index is 0.122. The van der Waals surface area contributed by atoms with Gasteiger partial charge < -0.3 is 5.73 Å². The normalized spacial score (nSPS) is 17.1. The number of carbonyl (C=O) groups is 2. The van der Waals surface area contributed by atoms with Gasteiger partial charge in [-0.05, 0) is 36.4 Å². The smallest absolute Gasteiger partial charge is 0.251 e. The van der Waals surface area contributed by atoms with E-state index < -0.39 is 6.04 Å². The zero-order valence-corrected chi connectivity index (χ0v) is 11.8. The van der Waals surface area contributed by atoms with Gasteiger partial charge in [0.1, 0.15) is 6.04 Å². The van der Waals surface area contributed by atoms with E-state index in [0.29, 0.717) is 11.4 Å². The lowest BCUT2D eigenvalue weighted by molar-refractivity contribution is -0.122. The fraction of sp³-hybridized carbons (Fsp3) is 0.125. The van der Waals surface area contributed by atoms with Crippen LogP contribution in [0, 0.1) is 0 Å². The lowest BCUT2D eigenvalue weighted by Gasteiger charge is -2.25. The maximum Gasteiger partial charge on any atom is 0.251 e. The molecule has 6 nitrogen and oxygen atoms in total. The Bertz CT molecular complexity index is 685. The van der Waals surface area contributed by atoms with Crippen molar-refractivity contribution >= 4 is 28.9 Å². The zero-order valence-electron chi connectivity index (χ0n) is 11.8. The van der Waals surface area contributed by atoms with Crippen LogP contribution in [0.25, 0.3) is 0 Å². The zero-order chi connectivity index (χ0) is 15.5. The monoisotopic (exact) mass is 296 g/mol. The molecule has 1 atom stereocenters. The minimum Gasteiger partial charge on any atom is -0.399 e. The van der Waals surface area contributed by atoms with E-state index in [0.717, 1.165) is 5.69 Å². The third kappa shape index (κ3) is 2.77. The molecule has 0 aromatic heterocycles. The Labute approximate surface area is 127 Å². The van der Waals surface area contributed by atoms with Crippen LogP contribution in [0.1, 0.15) is 6.42 Å². The largest absolute Gasteiger partial charge is 0.399 e. The summed E-state index contributed by atoms with van der Waals surface area (Å²) in [6, 6.07) is 15.7. The van der Waals surface area contributed by atoms with Crippen LogP contribution in [-0.4, -0.2) is 17.9 Å². The molecule has 1 heterocycles. The quantitative estimate of drug-likeness (QED) is 0.746. The molecule has 22 heavy (non-hydrogen) atoms. The lowest BCUT2D eigenvalue weighted by Crippen LogP contribution is -2.44. The summed E-state index contributed by atoms with van der Waals surface area (Å²) in [4.78, 5) is 25.7. The Balaban J connectivity index is 1.97. The summed E-state index contributed by atoms with van der Waals surface area (Å²) in [6.45, 7) is 0. The second kappa shape index (κ2) is 5.87. The number of nitrogens with one attached hydrogen (secondary N) is 2. The van der Waals surface area contributed by atoms with E-state index in [1.165, 1.54) is 0 Å². The molecule has 1 saturated heterocycles. The predicted molar refractivity (Wildman–Crippen MR) is 84.1 cm³/mol. The van der Waals surface area contributed by atoms with E-state index in [4.69, 9.17) is 5.73 Å². The SMILES string of the molecule is Nc1ccc(N(C(=O)C2CC(=O)NN2)c2ccccc2)cc1. The Morgan fingerprint density at radius 2 is 1.68 bits per heavy atom. The first-order valence-electron chi connectivity index (χ1n) is 6.94. The number of nitrogen functional groups attached to an aromatic ring is 1. The average Bonchev–Trinajstić information content (AvgIpc) is 2.97. The number of benzene rings is 2. The van der Waals surface area contributed by atoms with Crippen molar-refractivity contribution in [1.29, 1.82) is 0 Å². The molecule has 3 rings (SSSR count). The van der Waals surface area contributed by atoms with E-state index in [1.807, 2.05) is 30.3 Å². The fourth-order valence-electron chi connectivity index (χ4n) is 2.36. The third-order valence-electron chi connectivity index (χ3n) is 3.46. The van der Waals surface area contributed by atoms with Crippen LogP contribution in [0.4, 0.5) is 17.1 Å². The molecular weight excluding hydrogens is 280 g/mol. The van der Waals surface area contributed by atoms with Crippen LogP contribution in [0.5, 0.6) is 0 Å². The van der Waals surface area contributed by atoms with Crippen molar-refractivity contribution in [3.8, 4) is 0 Å². The lowest BCUT2D eigenvalue weighted by atomic mass is 10.1. The average molecular weight is 296 g/mol. The number of nitrogens with zero attached hydrogens (tertiary/aromatic N) is 1. The molecule has 112 valence electrons. The molecule has 1 fully saturated rings. The van der Waals surface area contributed by atoms with Gasteiger partial charge in [-0.1, -0.05) is 18.2 Å². The van der Waals surface area contributed by atoms with Crippen molar-refractivity contribution in [1.82, 2.24) is 10.9 Å². The van der Waals surface area contributed by atoms with Gasteiger partial charge in [0.05, 0.1) is 6.42 Å². The van der Waals surface area contributed by atoms with Crippen LogP contribution in [0.3, 0.4) is 0 Å². The highest BCUT2D eigenvalue weighted by molar-refractivity contribution is 6.06. The van der Waals surface area contributed by atoms with Gasteiger partial charge in [-0.2, -0.15) is 0 Å². The first-order valence-corrected chi connectivity index (χ1v) is 6.94. The summed E-state index contributed by atoms with van der Waals surface area (Å²) in [7, 11) is 0. The Morgan fingerprint density at radius 3 is 2.27 bits per heavy atom. The van der Waals surface area contributed by atoms with Crippen molar-refractivity contribution < 1.29 is 9.59 Å². The van der Waals surface area contributed by atoms with E-state index in [9.17, 15) is 9.59 Å². The molecule has 4 N–H and O–H groups in total. The summed E-state index contributed by atoms with van der Waals surface area (Å²) >= 11 is 0. The van der Waals surface area contributed by atoms with Gasteiger partial charge in [0.15, 0.2) is 0 Å². The van der Waals surface area contributed by atoms with Gasteiger partial charge in [0, 0.05) is 17.1 Å². The van der Waals surface area contributed by atoms with Crippen molar-refractivity contribution in [2.45, 2.75) is 12.5 Å².